The van der Waals surface area contributed by atoms with Gasteiger partial charge in [-0.2, -0.15) is 0 Å². The normalized spacial score (nSPS) is 10.1. The molecule has 8 nitrogen and oxygen atoms in total. The smallest absolute Gasteiger partial charge is 0.238 e. The number of hydrogen-bond acceptors (Lipinski definition) is 6. The minimum atomic E-state index is -3.69. The average Bonchev–Trinajstić information content (AvgIpc) is 2.78. The first-order valence-electron chi connectivity index (χ1n) is 10.3. The van der Waals surface area contributed by atoms with Crippen LogP contribution in [0.2, 0.25) is 0 Å². The molecule has 36 heavy (non-hydrogen) atoms. The zero-order chi connectivity index (χ0) is 26.0. The van der Waals surface area contributed by atoms with E-state index in [0.717, 1.165) is 43.5 Å². The lowest BCUT2D eigenvalue weighted by molar-refractivity contribution is 0.304. The maximum absolute atomic E-state index is 11.2. The van der Waals surface area contributed by atoms with Gasteiger partial charge in [0.15, 0.2) is 0 Å². The van der Waals surface area contributed by atoms with E-state index >= 15 is 0 Å². The number of benzene rings is 2. The van der Waals surface area contributed by atoms with Crippen LogP contribution < -0.4 is 15.0 Å². The van der Waals surface area contributed by atoms with Crippen LogP contribution in [0.1, 0.15) is 47.0 Å². The highest BCUT2D eigenvalue weighted by atomic mass is 79.9. The van der Waals surface area contributed by atoms with Gasteiger partial charge in [0.1, 0.15) is 11.5 Å². The fourth-order valence-corrected chi connectivity index (χ4v) is 3.44. The molecule has 0 aliphatic carbocycles. The van der Waals surface area contributed by atoms with E-state index in [1.807, 2.05) is 6.08 Å². The lowest BCUT2D eigenvalue weighted by Gasteiger charge is -2.07. The standard InChI is InChI=1S/C14H21NO3S.C6H7NO3S.C3H5Br.2CH4/c1-2-3-4-5-6-7-11-18-13-9-8-10-14(12-13)19(15,16)17;7-11(9,10)6-3-1-2-5(8)4-6;1-2-3-4;;/h2,8-10,12H,1,3-7,11H2,(H2,15,16,17);1-4,8H,(H2,7,9,10);2H,1,3H2;2*1H4. The molecule has 5 N–H and O–H groups in total. The van der Waals surface area contributed by atoms with Crippen molar-refractivity contribution in [2.24, 2.45) is 10.3 Å². The van der Waals surface area contributed by atoms with Crippen LogP contribution in [0.15, 0.2) is 83.6 Å². The summed E-state index contributed by atoms with van der Waals surface area (Å²) >= 11 is 3.13. The first-order valence-corrected chi connectivity index (χ1v) is 14.5. The number of ether oxygens (including phenoxy) is 1. The molecule has 11 heteroatoms. The zero-order valence-corrected chi connectivity index (χ0v) is 22.2. The fourth-order valence-electron chi connectivity index (χ4n) is 2.34. The van der Waals surface area contributed by atoms with Crippen LogP contribution in [-0.4, -0.2) is 33.9 Å². The second kappa shape index (κ2) is 21.0. The van der Waals surface area contributed by atoms with Gasteiger partial charge in [0.2, 0.25) is 20.0 Å². The second-order valence-electron chi connectivity index (χ2n) is 6.85. The van der Waals surface area contributed by atoms with Crippen LogP contribution in [0.4, 0.5) is 0 Å². The number of alkyl halides is 1. The minimum absolute atomic E-state index is 0. The van der Waals surface area contributed by atoms with Gasteiger partial charge in [-0.05, 0) is 49.6 Å². The summed E-state index contributed by atoms with van der Waals surface area (Å²) < 4.78 is 49.2. The van der Waals surface area contributed by atoms with E-state index in [0.29, 0.717) is 12.4 Å². The van der Waals surface area contributed by atoms with Crippen LogP contribution in [0.3, 0.4) is 0 Å². The highest BCUT2D eigenvalue weighted by Crippen LogP contribution is 2.17. The van der Waals surface area contributed by atoms with Crippen LogP contribution >= 0.6 is 15.9 Å². The Hall–Kier alpha value is -2.18. The third kappa shape index (κ3) is 19.1. The summed E-state index contributed by atoms with van der Waals surface area (Å²) in [6, 6.07) is 11.4. The van der Waals surface area contributed by atoms with Crippen LogP contribution in [-0.2, 0) is 20.0 Å². The molecule has 0 radical (unpaired) electrons. The Balaban J connectivity index is -0.000000545. The molecule has 0 aliphatic rings. The van der Waals surface area contributed by atoms with Crippen LogP contribution in [0, 0.1) is 0 Å². The van der Waals surface area contributed by atoms with E-state index in [-0.39, 0.29) is 30.4 Å². The summed E-state index contributed by atoms with van der Waals surface area (Å²) in [7, 11) is -7.35. The Kier molecular flexibility index (Phi) is 22.3. The number of sulfonamides is 2. The quantitative estimate of drug-likeness (QED) is 0.168. The van der Waals surface area contributed by atoms with Crippen LogP contribution in [0.5, 0.6) is 11.5 Å². The molecule has 0 fully saturated rings. The Morgan fingerprint density at radius 1 is 0.833 bits per heavy atom. The highest BCUT2D eigenvalue weighted by molar-refractivity contribution is 9.09. The van der Waals surface area contributed by atoms with Gasteiger partial charge in [-0.15, -0.1) is 13.2 Å². The summed E-state index contributed by atoms with van der Waals surface area (Å²) in [5.74, 6) is 0.425. The summed E-state index contributed by atoms with van der Waals surface area (Å²) in [4.78, 5) is -0.00603. The summed E-state index contributed by atoms with van der Waals surface area (Å²) in [6.07, 6.45) is 9.14. The van der Waals surface area contributed by atoms with Gasteiger partial charge in [-0.3, -0.25) is 0 Å². The number of primary sulfonamides is 2. The van der Waals surface area contributed by atoms with Crippen LogP contribution in [0.25, 0.3) is 0 Å². The van der Waals surface area contributed by atoms with Gasteiger partial charge >= 0.3 is 0 Å². The SMILES string of the molecule is C.C.C=CCBr.C=CCCCCCCOc1cccc(S(N)(=O)=O)c1.NS(=O)(=O)c1cccc(O)c1. The number of rotatable bonds is 11. The van der Waals surface area contributed by atoms with E-state index in [4.69, 9.17) is 20.1 Å². The molecule has 2 rings (SSSR count). The molecule has 0 saturated heterocycles. The van der Waals surface area contributed by atoms with Crippen molar-refractivity contribution in [1.29, 1.82) is 0 Å². The number of allylic oxidation sites excluding steroid dienone is 2. The van der Waals surface area contributed by atoms with Crippen molar-refractivity contribution >= 4 is 36.0 Å². The van der Waals surface area contributed by atoms with Gasteiger partial charge in [-0.25, -0.2) is 27.1 Å². The molecule has 0 spiro atoms. The van der Waals surface area contributed by atoms with Crippen molar-refractivity contribution in [2.45, 2.75) is 56.7 Å². The zero-order valence-electron chi connectivity index (χ0n) is 19.0. The first kappa shape index (κ1) is 38.4. The monoisotopic (exact) mass is 608 g/mol. The van der Waals surface area contributed by atoms with Crippen molar-refractivity contribution in [1.82, 2.24) is 0 Å². The molecule has 0 amide bonds. The highest BCUT2D eigenvalue weighted by Gasteiger charge is 2.08. The third-order valence-corrected chi connectivity index (χ3v) is 6.24. The maximum Gasteiger partial charge on any atom is 0.238 e. The molecule has 2 aromatic carbocycles. The van der Waals surface area contributed by atoms with Gasteiger partial charge in [0, 0.05) is 11.4 Å². The summed E-state index contributed by atoms with van der Waals surface area (Å²) in [6.45, 7) is 7.70. The van der Waals surface area contributed by atoms with Gasteiger partial charge in [0.25, 0.3) is 0 Å². The van der Waals surface area contributed by atoms with E-state index < -0.39 is 20.0 Å². The van der Waals surface area contributed by atoms with Crippen molar-refractivity contribution in [3.8, 4) is 11.5 Å². The van der Waals surface area contributed by atoms with E-state index in [9.17, 15) is 16.8 Å². The Labute approximate surface area is 226 Å². The second-order valence-corrected chi connectivity index (χ2v) is 10.6. The van der Waals surface area contributed by atoms with Crippen molar-refractivity contribution in [2.75, 3.05) is 11.9 Å². The number of hydrogen-bond donors (Lipinski definition) is 3. The summed E-state index contributed by atoms with van der Waals surface area (Å²) in [5.41, 5.74) is 0. The molecule has 0 aliphatic heterocycles. The Morgan fingerprint density at radius 2 is 1.33 bits per heavy atom. The summed E-state index contributed by atoms with van der Waals surface area (Å²) in [5, 5.41) is 19.6. The Morgan fingerprint density at radius 3 is 1.78 bits per heavy atom. The lowest BCUT2D eigenvalue weighted by atomic mass is 10.1. The number of unbranched alkanes of at least 4 members (excludes halogenated alkanes) is 4. The molecule has 0 saturated carbocycles. The van der Waals surface area contributed by atoms with Crippen molar-refractivity contribution < 1.29 is 26.7 Å². The first-order chi connectivity index (χ1) is 16.0. The third-order valence-electron chi connectivity index (χ3n) is 3.96. The molecule has 0 heterocycles. The molecule has 0 aromatic heterocycles. The molecule has 0 bridgehead atoms. The Bertz CT molecular complexity index is 1090. The number of aromatic hydroxyl groups is 1. The van der Waals surface area contributed by atoms with E-state index in [1.54, 1.807) is 18.2 Å². The minimum Gasteiger partial charge on any atom is -0.508 e. The number of halogens is 1. The molecule has 0 unspecified atom stereocenters. The van der Waals surface area contributed by atoms with E-state index in [2.05, 4.69) is 29.1 Å². The topological polar surface area (TPSA) is 150 Å². The number of phenols is 1. The maximum atomic E-state index is 11.2. The molecular weight excluding hydrogens is 568 g/mol. The fraction of sp³-hybridized carbons (Fsp3) is 0.360. The lowest BCUT2D eigenvalue weighted by Crippen LogP contribution is -2.12. The molecular formula is C25H41BrN2O6S2. The predicted octanol–water partition coefficient (Wildman–Crippen LogP) is 5.73. The molecule has 2 aromatic rings. The largest absolute Gasteiger partial charge is 0.508 e. The van der Waals surface area contributed by atoms with E-state index in [1.165, 1.54) is 30.3 Å². The predicted molar refractivity (Wildman–Crippen MR) is 154 cm³/mol. The average molecular weight is 610 g/mol. The van der Waals surface area contributed by atoms with Crippen molar-refractivity contribution in [3.63, 3.8) is 0 Å². The number of nitrogens with two attached hydrogens (primary N) is 2. The molecule has 0 atom stereocenters. The van der Waals surface area contributed by atoms with Gasteiger partial charge in [0.05, 0.1) is 16.4 Å². The van der Waals surface area contributed by atoms with Crippen molar-refractivity contribution in [3.05, 3.63) is 73.8 Å². The van der Waals surface area contributed by atoms with Gasteiger partial charge in [-0.1, -0.05) is 67.9 Å². The molecule has 206 valence electrons. The van der Waals surface area contributed by atoms with Gasteiger partial charge < -0.3 is 9.84 Å². The number of phenolic OH excluding ortho intramolecular Hbond substituents is 1.